The fourth-order valence-electron chi connectivity index (χ4n) is 4.50. The molecular weight excluding hydrogens is 442 g/mol. The van der Waals surface area contributed by atoms with Gasteiger partial charge in [0.05, 0.1) is 5.69 Å². The van der Waals surface area contributed by atoms with Crippen molar-refractivity contribution in [2.75, 3.05) is 5.32 Å². The molecule has 3 aromatic heterocycles. The van der Waals surface area contributed by atoms with Crippen LogP contribution in [0, 0.1) is 13.8 Å². The number of nitrogens with one attached hydrogen (secondary N) is 1. The van der Waals surface area contributed by atoms with Gasteiger partial charge in [0.15, 0.2) is 11.5 Å². The summed E-state index contributed by atoms with van der Waals surface area (Å²) in [5, 5.41) is 20.1. The van der Waals surface area contributed by atoms with Gasteiger partial charge < -0.3 is 10.1 Å². The second-order valence-electron chi connectivity index (χ2n) is 8.74. The highest BCUT2D eigenvalue weighted by Gasteiger charge is 2.33. The maximum atomic E-state index is 12.8. The lowest BCUT2D eigenvalue weighted by molar-refractivity contribution is -0.116. The molecule has 0 aliphatic carbocycles. The number of carbonyl (C=O) groups excluding carboxylic acids is 1. The number of rotatable bonds is 5. The number of fused-ring (bicyclic) bond motifs is 2. The first-order valence-corrected chi connectivity index (χ1v) is 11.4. The molecule has 4 heterocycles. The maximum Gasteiger partial charge on any atom is 0.226 e. The van der Waals surface area contributed by atoms with Crippen LogP contribution < -0.4 is 10.1 Å². The summed E-state index contributed by atoms with van der Waals surface area (Å²) in [6.45, 7) is 4.50. The largest absolute Gasteiger partial charge is 0.489 e. The average molecular weight is 466 g/mol. The molecule has 0 unspecified atom stereocenters. The number of benzene rings is 2. The molecule has 6 rings (SSSR count). The zero-order valence-corrected chi connectivity index (χ0v) is 19.3. The van der Waals surface area contributed by atoms with E-state index in [0.717, 1.165) is 28.1 Å². The zero-order chi connectivity index (χ0) is 23.9. The Hall–Kier alpha value is -4.53. The topological polar surface area (TPSA) is 99.2 Å². The van der Waals surface area contributed by atoms with Crippen molar-refractivity contribution in [1.82, 2.24) is 29.6 Å². The van der Waals surface area contributed by atoms with Gasteiger partial charge in [0.25, 0.3) is 0 Å². The molecule has 0 saturated carbocycles. The molecule has 9 nitrogen and oxygen atoms in total. The summed E-state index contributed by atoms with van der Waals surface area (Å²) < 4.78 is 9.32. The molecule has 1 aliphatic heterocycles. The number of nitrogens with zero attached hydrogens (tertiary/aromatic N) is 6. The first kappa shape index (κ1) is 21.0. The van der Waals surface area contributed by atoms with Crippen LogP contribution in [0.3, 0.4) is 0 Å². The van der Waals surface area contributed by atoms with Gasteiger partial charge >= 0.3 is 0 Å². The third kappa shape index (κ3) is 3.90. The Kier molecular flexibility index (Phi) is 5.02. The number of hydrogen-bond acceptors (Lipinski definition) is 6. The molecule has 35 heavy (non-hydrogen) atoms. The second-order valence-corrected chi connectivity index (χ2v) is 8.74. The van der Waals surface area contributed by atoms with E-state index in [4.69, 9.17) is 9.84 Å². The highest BCUT2D eigenvalue weighted by atomic mass is 16.5. The van der Waals surface area contributed by atoms with Crippen LogP contribution in [0.25, 0.3) is 11.5 Å². The molecule has 1 atom stereocenters. The Balaban J connectivity index is 1.33. The number of anilines is 1. The number of aryl methyl sites for hydroxylation is 2. The van der Waals surface area contributed by atoms with Gasteiger partial charge in [-0.2, -0.15) is 14.3 Å². The average Bonchev–Trinajstić information content (AvgIpc) is 3.47. The molecule has 1 amide bonds. The van der Waals surface area contributed by atoms with Crippen molar-refractivity contribution < 1.29 is 9.53 Å². The van der Waals surface area contributed by atoms with Gasteiger partial charge in [-0.15, -0.1) is 15.3 Å². The standard InChI is InChI=1S/C26H23N7O2/c1-16-6-8-18(9-7-16)14-35-20-5-3-4-19(12-20)21-13-24(34)28-26-25(21)17(2)30-33(26)23-11-10-22-29-27-15-32(22)31-23/h3-12,15,21H,13-14H2,1-2H3,(H,28,34)/t21-/m0/s1. The van der Waals surface area contributed by atoms with Gasteiger partial charge in [-0.1, -0.05) is 42.0 Å². The van der Waals surface area contributed by atoms with Crippen molar-refractivity contribution in [1.29, 1.82) is 0 Å². The van der Waals surface area contributed by atoms with Crippen LogP contribution >= 0.6 is 0 Å². The zero-order valence-electron chi connectivity index (χ0n) is 19.3. The summed E-state index contributed by atoms with van der Waals surface area (Å²) >= 11 is 0. The Morgan fingerprint density at radius 3 is 2.77 bits per heavy atom. The smallest absolute Gasteiger partial charge is 0.226 e. The number of aromatic nitrogens is 6. The molecule has 5 aromatic rings. The number of ether oxygens (including phenoxy) is 1. The number of carbonyl (C=O) groups is 1. The van der Waals surface area contributed by atoms with E-state index in [1.807, 2.05) is 43.3 Å². The van der Waals surface area contributed by atoms with Gasteiger partial charge in [0, 0.05) is 17.9 Å². The van der Waals surface area contributed by atoms with Crippen molar-refractivity contribution >= 4 is 17.4 Å². The molecule has 174 valence electrons. The van der Waals surface area contributed by atoms with Crippen LogP contribution in [0.4, 0.5) is 5.82 Å². The van der Waals surface area contributed by atoms with Gasteiger partial charge in [-0.05, 0) is 49.2 Å². The first-order valence-electron chi connectivity index (χ1n) is 11.4. The van der Waals surface area contributed by atoms with E-state index < -0.39 is 0 Å². The van der Waals surface area contributed by atoms with Crippen molar-refractivity contribution in [2.45, 2.75) is 32.8 Å². The van der Waals surface area contributed by atoms with Gasteiger partial charge in [-0.3, -0.25) is 4.79 Å². The quantitative estimate of drug-likeness (QED) is 0.422. The summed E-state index contributed by atoms with van der Waals surface area (Å²) in [4.78, 5) is 12.8. The predicted octanol–water partition coefficient (Wildman–Crippen LogP) is 3.98. The van der Waals surface area contributed by atoms with E-state index in [1.165, 1.54) is 11.9 Å². The molecule has 0 fully saturated rings. The minimum absolute atomic E-state index is 0.0694. The summed E-state index contributed by atoms with van der Waals surface area (Å²) in [5.74, 6) is 1.75. The van der Waals surface area contributed by atoms with E-state index in [-0.39, 0.29) is 11.8 Å². The third-order valence-corrected chi connectivity index (χ3v) is 6.25. The van der Waals surface area contributed by atoms with E-state index in [0.29, 0.717) is 30.3 Å². The lowest BCUT2D eigenvalue weighted by atomic mass is 9.86. The van der Waals surface area contributed by atoms with Crippen molar-refractivity contribution in [2.24, 2.45) is 0 Å². The SMILES string of the molecule is Cc1ccc(COc2cccc([C@@H]3CC(=O)Nc4c3c(C)nn4-c3ccc4nncn4n3)c2)cc1. The lowest BCUT2D eigenvalue weighted by Gasteiger charge is -2.24. The van der Waals surface area contributed by atoms with Crippen molar-refractivity contribution in [3.8, 4) is 11.6 Å². The van der Waals surface area contributed by atoms with Crippen LogP contribution in [0.1, 0.15) is 40.3 Å². The molecule has 0 radical (unpaired) electrons. The molecule has 2 aromatic carbocycles. The maximum absolute atomic E-state index is 12.8. The molecule has 1 N–H and O–H groups in total. The number of amides is 1. The summed E-state index contributed by atoms with van der Waals surface area (Å²) in [5.41, 5.74) is 5.78. The first-order chi connectivity index (χ1) is 17.0. The second kappa shape index (κ2) is 8.35. The van der Waals surface area contributed by atoms with Crippen molar-refractivity contribution in [3.63, 3.8) is 0 Å². The third-order valence-electron chi connectivity index (χ3n) is 6.25. The van der Waals surface area contributed by atoms with Crippen LogP contribution in [0.2, 0.25) is 0 Å². The van der Waals surface area contributed by atoms with Crippen LogP contribution in [0.5, 0.6) is 5.75 Å². The van der Waals surface area contributed by atoms with Gasteiger partial charge in [-0.25, -0.2) is 0 Å². The van der Waals surface area contributed by atoms with E-state index in [2.05, 4.69) is 51.8 Å². The fraction of sp³-hybridized carbons (Fsp3) is 0.192. The van der Waals surface area contributed by atoms with Crippen molar-refractivity contribution in [3.05, 3.63) is 94.9 Å². The molecule has 0 bridgehead atoms. The van der Waals surface area contributed by atoms with Crippen LogP contribution in [0.15, 0.2) is 67.0 Å². The number of hydrogen-bond donors (Lipinski definition) is 1. The Morgan fingerprint density at radius 2 is 1.91 bits per heavy atom. The Bertz CT molecular complexity index is 1550. The minimum Gasteiger partial charge on any atom is -0.489 e. The molecule has 0 saturated heterocycles. The fourth-order valence-corrected chi connectivity index (χ4v) is 4.50. The monoisotopic (exact) mass is 465 g/mol. The predicted molar refractivity (Wildman–Crippen MR) is 130 cm³/mol. The van der Waals surface area contributed by atoms with Gasteiger partial charge in [0.1, 0.15) is 24.5 Å². The minimum atomic E-state index is -0.144. The highest BCUT2D eigenvalue weighted by molar-refractivity contribution is 5.95. The molecule has 0 spiro atoms. The van der Waals surface area contributed by atoms with Crippen LogP contribution in [-0.4, -0.2) is 35.5 Å². The molecule has 1 aliphatic rings. The normalized spacial score (nSPS) is 15.1. The van der Waals surface area contributed by atoms with Gasteiger partial charge in [0.2, 0.25) is 5.91 Å². The molecule has 9 heteroatoms. The Morgan fingerprint density at radius 1 is 1.06 bits per heavy atom. The Labute approximate surface area is 201 Å². The molecular formula is C26H23N7O2. The van der Waals surface area contributed by atoms with E-state index in [1.54, 1.807) is 9.20 Å². The van der Waals surface area contributed by atoms with E-state index >= 15 is 0 Å². The summed E-state index contributed by atoms with van der Waals surface area (Å²) in [6, 6.07) is 19.9. The lowest BCUT2D eigenvalue weighted by Crippen LogP contribution is -2.25. The van der Waals surface area contributed by atoms with Crippen LogP contribution in [-0.2, 0) is 11.4 Å². The van der Waals surface area contributed by atoms with E-state index in [9.17, 15) is 4.79 Å². The summed E-state index contributed by atoms with van der Waals surface area (Å²) in [7, 11) is 0. The highest BCUT2D eigenvalue weighted by Crippen LogP contribution is 2.40. The summed E-state index contributed by atoms with van der Waals surface area (Å²) in [6.07, 6.45) is 1.87.